The van der Waals surface area contributed by atoms with Gasteiger partial charge in [0, 0.05) is 25.9 Å². The Morgan fingerprint density at radius 1 is 1.31 bits per heavy atom. The molecular weight excluding hydrogens is 222 g/mol. The lowest BCUT2D eigenvalue weighted by Gasteiger charge is -2.15. The molecule has 0 heterocycles. The number of carbonyl (C=O) groups excluding carboxylic acids is 1. The van der Waals surface area contributed by atoms with Gasteiger partial charge in [0.1, 0.15) is 0 Å². The van der Waals surface area contributed by atoms with Gasteiger partial charge in [-0.3, -0.25) is 4.79 Å². The molecule has 0 aliphatic rings. The quantitative estimate of drug-likeness (QED) is 0.699. The predicted octanol–water partition coefficient (Wildman–Crippen LogP) is 2.71. The Hall–Kier alpha value is -1.02. The zero-order valence-electron chi connectivity index (χ0n) is 9.66. The number of alkyl halides is 1. The maximum Gasteiger partial charge on any atom is 0.222 e. The Morgan fingerprint density at radius 2 is 2.00 bits per heavy atom. The predicted molar refractivity (Wildman–Crippen MR) is 67.7 cm³/mol. The first-order valence-electron chi connectivity index (χ1n) is 5.58. The summed E-state index contributed by atoms with van der Waals surface area (Å²) in [6.45, 7) is 0.631. The van der Waals surface area contributed by atoms with Crippen LogP contribution in [0.15, 0.2) is 30.3 Å². The van der Waals surface area contributed by atoms with Gasteiger partial charge >= 0.3 is 0 Å². The summed E-state index contributed by atoms with van der Waals surface area (Å²) in [4.78, 5) is 13.3. The van der Waals surface area contributed by atoms with Gasteiger partial charge in [0.25, 0.3) is 0 Å². The Balaban J connectivity index is 2.23. The number of halogens is 1. The first kappa shape index (κ1) is 13.0. The van der Waals surface area contributed by atoms with Crippen LogP contribution in [0.4, 0.5) is 0 Å². The van der Waals surface area contributed by atoms with E-state index in [1.165, 1.54) is 5.56 Å². The van der Waals surface area contributed by atoms with Crippen molar-refractivity contribution in [2.24, 2.45) is 0 Å². The molecule has 3 heteroatoms. The molecule has 0 radical (unpaired) electrons. The normalized spacial score (nSPS) is 10.1. The van der Waals surface area contributed by atoms with Gasteiger partial charge < -0.3 is 4.90 Å². The van der Waals surface area contributed by atoms with Gasteiger partial charge in [-0.05, 0) is 18.4 Å². The molecule has 1 amide bonds. The summed E-state index contributed by atoms with van der Waals surface area (Å²) in [7, 11) is 1.80. The molecule has 1 rings (SSSR count). The number of amides is 1. The van der Waals surface area contributed by atoms with Crippen LogP contribution in [-0.2, 0) is 11.2 Å². The van der Waals surface area contributed by atoms with Gasteiger partial charge in [-0.1, -0.05) is 30.3 Å². The highest BCUT2D eigenvalue weighted by atomic mass is 35.5. The first-order chi connectivity index (χ1) is 7.74. The molecule has 0 aliphatic carbocycles. The number of hydrogen-bond acceptors (Lipinski definition) is 1. The van der Waals surface area contributed by atoms with Crippen molar-refractivity contribution in [1.82, 2.24) is 4.90 Å². The monoisotopic (exact) mass is 239 g/mol. The number of hydrogen-bond donors (Lipinski definition) is 0. The molecule has 0 saturated carbocycles. The highest BCUT2D eigenvalue weighted by Crippen LogP contribution is 2.05. The topological polar surface area (TPSA) is 20.3 Å². The van der Waals surface area contributed by atoms with Crippen molar-refractivity contribution in [1.29, 1.82) is 0 Å². The molecule has 0 spiro atoms. The SMILES string of the molecule is CN(CCCl)C(=O)CCCc1ccccc1. The van der Waals surface area contributed by atoms with Crippen molar-refractivity contribution in [3.8, 4) is 0 Å². The fraction of sp³-hybridized carbons (Fsp3) is 0.462. The number of aryl methyl sites for hydroxylation is 1. The summed E-state index contributed by atoms with van der Waals surface area (Å²) in [6, 6.07) is 10.2. The van der Waals surface area contributed by atoms with Crippen molar-refractivity contribution >= 4 is 17.5 Å². The molecule has 1 aromatic rings. The van der Waals surface area contributed by atoms with Gasteiger partial charge in [-0.25, -0.2) is 0 Å². The van der Waals surface area contributed by atoms with Crippen LogP contribution < -0.4 is 0 Å². The van der Waals surface area contributed by atoms with Gasteiger partial charge in [-0.15, -0.1) is 11.6 Å². The van der Waals surface area contributed by atoms with Crippen LogP contribution in [0.25, 0.3) is 0 Å². The molecule has 1 aromatic carbocycles. The highest BCUT2D eigenvalue weighted by molar-refractivity contribution is 6.18. The summed E-state index contributed by atoms with van der Waals surface area (Å²) < 4.78 is 0. The molecule has 0 unspecified atom stereocenters. The maximum absolute atomic E-state index is 11.6. The van der Waals surface area contributed by atoms with E-state index in [2.05, 4.69) is 12.1 Å². The van der Waals surface area contributed by atoms with Gasteiger partial charge in [-0.2, -0.15) is 0 Å². The van der Waals surface area contributed by atoms with E-state index in [4.69, 9.17) is 11.6 Å². The highest BCUT2D eigenvalue weighted by Gasteiger charge is 2.06. The van der Waals surface area contributed by atoms with Crippen LogP contribution in [0.2, 0.25) is 0 Å². The fourth-order valence-corrected chi connectivity index (χ4v) is 1.78. The van der Waals surface area contributed by atoms with Gasteiger partial charge in [0.15, 0.2) is 0 Å². The number of benzene rings is 1. The minimum atomic E-state index is 0.177. The van der Waals surface area contributed by atoms with Crippen LogP contribution in [0, 0.1) is 0 Å². The molecule has 0 fully saturated rings. The molecule has 0 saturated heterocycles. The summed E-state index contributed by atoms with van der Waals surface area (Å²) in [5.41, 5.74) is 1.29. The van der Waals surface area contributed by atoms with Crippen LogP contribution >= 0.6 is 11.6 Å². The third kappa shape index (κ3) is 4.67. The molecule has 2 nitrogen and oxygen atoms in total. The van der Waals surface area contributed by atoms with Crippen LogP contribution in [0.1, 0.15) is 18.4 Å². The zero-order valence-corrected chi connectivity index (χ0v) is 10.4. The Morgan fingerprint density at radius 3 is 2.62 bits per heavy atom. The van der Waals surface area contributed by atoms with E-state index in [-0.39, 0.29) is 5.91 Å². The number of nitrogens with zero attached hydrogens (tertiary/aromatic N) is 1. The number of carbonyl (C=O) groups is 1. The van der Waals surface area contributed by atoms with Crippen LogP contribution in [-0.4, -0.2) is 30.3 Å². The molecule has 0 atom stereocenters. The van der Waals surface area contributed by atoms with Crippen LogP contribution in [0.5, 0.6) is 0 Å². The van der Waals surface area contributed by atoms with E-state index in [1.54, 1.807) is 11.9 Å². The maximum atomic E-state index is 11.6. The van der Waals surface area contributed by atoms with E-state index in [0.717, 1.165) is 12.8 Å². The fourth-order valence-electron chi connectivity index (χ4n) is 1.53. The zero-order chi connectivity index (χ0) is 11.8. The van der Waals surface area contributed by atoms with E-state index in [9.17, 15) is 4.79 Å². The minimum Gasteiger partial charge on any atom is -0.345 e. The Kier molecular flexibility index (Phi) is 5.94. The lowest BCUT2D eigenvalue weighted by atomic mass is 10.1. The van der Waals surface area contributed by atoms with Crippen molar-refractivity contribution in [3.63, 3.8) is 0 Å². The van der Waals surface area contributed by atoms with E-state index in [1.807, 2.05) is 18.2 Å². The third-order valence-electron chi connectivity index (χ3n) is 2.54. The van der Waals surface area contributed by atoms with E-state index < -0.39 is 0 Å². The second-order valence-corrected chi connectivity index (χ2v) is 4.22. The van der Waals surface area contributed by atoms with Crippen LogP contribution in [0.3, 0.4) is 0 Å². The van der Waals surface area contributed by atoms with Gasteiger partial charge in [0.05, 0.1) is 0 Å². The molecule has 0 N–H and O–H groups in total. The second kappa shape index (κ2) is 7.29. The standard InChI is InChI=1S/C13H18ClNO/c1-15(11-10-14)13(16)9-5-8-12-6-3-2-4-7-12/h2-4,6-7H,5,8-11H2,1H3. The second-order valence-electron chi connectivity index (χ2n) is 3.84. The summed E-state index contributed by atoms with van der Waals surface area (Å²) >= 11 is 5.58. The van der Waals surface area contributed by atoms with Crippen molar-refractivity contribution in [2.45, 2.75) is 19.3 Å². The van der Waals surface area contributed by atoms with Gasteiger partial charge in [0.2, 0.25) is 5.91 Å². The van der Waals surface area contributed by atoms with Crippen molar-refractivity contribution < 1.29 is 4.79 Å². The van der Waals surface area contributed by atoms with E-state index in [0.29, 0.717) is 18.8 Å². The minimum absolute atomic E-state index is 0.177. The molecule has 88 valence electrons. The summed E-state index contributed by atoms with van der Waals surface area (Å²) in [6.07, 6.45) is 2.46. The molecule has 0 bridgehead atoms. The van der Waals surface area contributed by atoms with Crippen molar-refractivity contribution in [3.05, 3.63) is 35.9 Å². The summed E-state index contributed by atoms with van der Waals surface area (Å²) in [5, 5.41) is 0. The lowest BCUT2D eigenvalue weighted by Crippen LogP contribution is -2.28. The average molecular weight is 240 g/mol. The Bertz CT molecular complexity index is 313. The Labute approximate surface area is 102 Å². The molecule has 0 aromatic heterocycles. The first-order valence-corrected chi connectivity index (χ1v) is 6.11. The smallest absolute Gasteiger partial charge is 0.222 e. The molecule has 0 aliphatic heterocycles. The molecular formula is C13H18ClNO. The number of rotatable bonds is 6. The largest absolute Gasteiger partial charge is 0.345 e. The molecule has 16 heavy (non-hydrogen) atoms. The summed E-state index contributed by atoms with van der Waals surface area (Å²) in [5.74, 6) is 0.678. The average Bonchev–Trinajstić information content (AvgIpc) is 2.30. The van der Waals surface area contributed by atoms with E-state index >= 15 is 0 Å². The van der Waals surface area contributed by atoms with Crippen molar-refractivity contribution in [2.75, 3.05) is 19.5 Å². The lowest BCUT2D eigenvalue weighted by molar-refractivity contribution is -0.129. The third-order valence-corrected chi connectivity index (χ3v) is 2.71.